The number of aliphatic hydroxyl groups is 1. The van der Waals surface area contributed by atoms with Crippen LogP contribution in [0.15, 0.2) is 23.1 Å². The lowest BCUT2D eigenvalue weighted by Gasteiger charge is -2.05. The van der Waals surface area contributed by atoms with E-state index in [0.717, 1.165) is 35.6 Å². The minimum Gasteiger partial charge on any atom is -0.398 e. The zero-order valence-electron chi connectivity index (χ0n) is 9.29. The smallest absolute Gasteiger partial charge is 0.0467 e. The van der Waals surface area contributed by atoms with Crippen molar-refractivity contribution in [1.29, 1.82) is 0 Å². The van der Waals surface area contributed by atoms with Gasteiger partial charge in [0.1, 0.15) is 0 Å². The van der Waals surface area contributed by atoms with E-state index in [-0.39, 0.29) is 0 Å². The van der Waals surface area contributed by atoms with Crippen molar-refractivity contribution >= 4 is 29.1 Å². The fourth-order valence-corrected chi connectivity index (χ4v) is 2.54. The Balaban J connectivity index is 2.21. The minimum atomic E-state index is 0.303. The van der Waals surface area contributed by atoms with Gasteiger partial charge in [-0.25, -0.2) is 0 Å². The highest BCUT2D eigenvalue weighted by molar-refractivity contribution is 7.99. The van der Waals surface area contributed by atoms with Crippen LogP contribution in [0, 0.1) is 0 Å². The highest BCUT2D eigenvalue weighted by Crippen LogP contribution is 2.28. The van der Waals surface area contributed by atoms with Crippen LogP contribution in [0.3, 0.4) is 0 Å². The molecule has 0 saturated heterocycles. The van der Waals surface area contributed by atoms with E-state index in [4.69, 9.17) is 22.4 Å². The Morgan fingerprint density at radius 2 is 1.94 bits per heavy atom. The number of hydrogen-bond acceptors (Lipinski definition) is 3. The zero-order valence-corrected chi connectivity index (χ0v) is 10.9. The molecule has 3 N–H and O–H groups in total. The van der Waals surface area contributed by atoms with Crippen molar-refractivity contribution in [2.45, 2.75) is 30.6 Å². The molecule has 0 unspecified atom stereocenters. The predicted octanol–water partition coefficient (Wildman–Crippen LogP) is 3.57. The zero-order chi connectivity index (χ0) is 11.8. The van der Waals surface area contributed by atoms with Crippen LogP contribution >= 0.6 is 23.4 Å². The van der Waals surface area contributed by atoms with Crippen LogP contribution in [0.4, 0.5) is 5.69 Å². The predicted molar refractivity (Wildman–Crippen MR) is 72.1 cm³/mol. The van der Waals surface area contributed by atoms with Gasteiger partial charge in [0, 0.05) is 22.2 Å². The first-order chi connectivity index (χ1) is 7.74. The molecule has 0 aliphatic carbocycles. The summed E-state index contributed by atoms with van der Waals surface area (Å²) in [5.41, 5.74) is 6.60. The summed E-state index contributed by atoms with van der Waals surface area (Å²) in [6.45, 7) is 0.303. The summed E-state index contributed by atoms with van der Waals surface area (Å²) in [6.07, 6.45) is 4.34. The number of nitrogen functional groups attached to an aromatic ring is 1. The van der Waals surface area contributed by atoms with Crippen LogP contribution in [-0.4, -0.2) is 17.5 Å². The summed E-state index contributed by atoms with van der Waals surface area (Å²) in [7, 11) is 0. The summed E-state index contributed by atoms with van der Waals surface area (Å²) in [5, 5.41) is 9.31. The van der Waals surface area contributed by atoms with Gasteiger partial charge < -0.3 is 10.8 Å². The average Bonchev–Trinajstić information content (AvgIpc) is 2.26. The molecule has 0 fully saturated rings. The molecular formula is C12H18ClNOS. The molecular weight excluding hydrogens is 242 g/mol. The lowest BCUT2D eigenvalue weighted by molar-refractivity contribution is 0.283. The highest BCUT2D eigenvalue weighted by Gasteiger charge is 2.00. The van der Waals surface area contributed by atoms with Crippen molar-refractivity contribution in [3.8, 4) is 0 Å². The number of aliphatic hydroxyl groups excluding tert-OH is 1. The number of unbranched alkanes of at least 4 members (excludes halogenated alkanes) is 3. The van der Waals surface area contributed by atoms with Gasteiger partial charge in [-0.2, -0.15) is 0 Å². The van der Waals surface area contributed by atoms with Gasteiger partial charge in [-0.15, -0.1) is 11.8 Å². The molecule has 0 aromatic heterocycles. The topological polar surface area (TPSA) is 46.2 Å². The van der Waals surface area contributed by atoms with Crippen molar-refractivity contribution in [3.63, 3.8) is 0 Å². The second-order valence-corrected chi connectivity index (χ2v) is 5.24. The fourth-order valence-electron chi connectivity index (χ4n) is 1.40. The monoisotopic (exact) mass is 259 g/mol. The number of halogens is 1. The van der Waals surface area contributed by atoms with E-state index < -0.39 is 0 Å². The van der Waals surface area contributed by atoms with Crippen molar-refractivity contribution in [2.24, 2.45) is 0 Å². The van der Waals surface area contributed by atoms with Gasteiger partial charge in [0.25, 0.3) is 0 Å². The third-order valence-corrected chi connectivity index (χ3v) is 3.69. The van der Waals surface area contributed by atoms with Crippen molar-refractivity contribution in [2.75, 3.05) is 18.1 Å². The molecule has 4 heteroatoms. The third-order valence-electron chi connectivity index (χ3n) is 2.28. The van der Waals surface area contributed by atoms with E-state index in [1.54, 1.807) is 17.8 Å². The Hall–Kier alpha value is -0.380. The Morgan fingerprint density at radius 3 is 2.62 bits per heavy atom. The fraction of sp³-hybridized carbons (Fsp3) is 0.500. The maximum absolute atomic E-state index is 8.63. The van der Waals surface area contributed by atoms with E-state index >= 15 is 0 Å². The summed E-state index contributed by atoms with van der Waals surface area (Å²) in [5.74, 6) is 1.07. The molecule has 0 aliphatic heterocycles. The molecule has 1 aromatic rings. The highest BCUT2D eigenvalue weighted by atomic mass is 35.5. The Labute approximate surface area is 106 Å². The Kier molecular flexibility index (Phi) is 6.69. The quantitative estimate of drug-likeness (QED) is 0.447. The number of anilines is 1. The molecule has 16 heavy (non-hydrogen) atoms. The first kappa shape index (κ1) is 13.7. The van der Waals surface area contributed by atoms with E-state index in [1.807, 2.05) is 12.1 Å². The number of benzene rings is 1. The molecule has 1 rings (SSSR count). The van der Waals surface area contributed by atoms with Crippen LogP contribution in [0.25, 0.3) is 0 Å². The lowest BCUT2D eigenvalue weighted by atomic mass is 10.2. The number of hydrogen-bond donors (Lipinski definition) is 2. The Bertz CT molecular complexity index is 320. The van der Waals surface area contributed by atoms with E-state index in [9.17, 15) is 0 Å². The SMILES string of the molecule is Nc1cc(Cl)ccc1SCCCCCCO. The first-order valence-electron chi connectivity index (χ1n) is 5.52. The van der Waals surface area contributed by atoms with Crippen molar-refractivity contribution in [1.82, 2.24) is 0 Å². The normalized spacial score (nSPS) is 10.6. The second kappa shape index (κ2) is 7.82. The number of thioether (sulfide) groups is 1. The van der Waals surface area contributed by atoms with Gasteiger partial charge in [0.2, 0.25) is 0 Å². The minimum absolute atomic E-state index is 0.303. The van der Waals surface area contributed by atoms with Crippen LogP contribution in [-0.2, 0) is 0 Å². The number of nitrogens with two attached hydrogens (primary N) is 1. The van der Waals surface area contributed by atoms with Crippen molar-refractivity contribution in [3.05, 3.63) is 23.2 Å². The van der Waals surface area contributed by atoms with Gasteiger partial charge in [-0.3, -0.25) is 0 Å². The summed E-state index contributed by atoms with van der Waals surface area (Å²) in [4.78, 5) is 1.10. The van der Waals surface area contributed by atoms with E-state index in [2.05, 4.69) is 0 Å². The summed E-state index contributed by atoms with van der Waals surface area (Å²) in [6, 6.07) is 5.62. The van der Waals surface area contributed by atoms with Gasteiger partial charge in [-0.05, 0) is 36.8 Å². The molecule has 1 aromatic carbocycles. The Morgan fingerprint density at radius 1 is 1.19 bits per heavy atom. The largest absolute Gasteiger partial charge is 0.398 e. The number of rotatable bonds is 7. The molecule has 0 saturated carbocycles. The maximum atomic E-state index is 8.63. The van der Waals surface area contributed by atoms with E-state index in [0.29, 0.717) is 11.6 Å². The van der Waals surface area contributed by atoms with Crippen LogP contribution in [0.2, 0.25) is 5.02 Å². The molecule has 0 bridgehead atoms. The van der Waals surface area contributed by atoms with Gasteiger partial charge in [-0.1, -0.05) is 24.4 Å². The average molecular weight is 260 g/mol. The maximum Gasteiger partial charge on any atom is 0.0467 e. The van der Waals surface area contributed by atoms with Gasteiger partial charge in [0.15, 0.2) is 0 Å². The van der Waals surface area contributed by atoms with Crippen LogP contribution in [0.1, 0.15) is 25.7 Å². The molecule has 0 spiro atoms. The molecule has 90 valence electrons. The van der Waals surface area contributed by atoms with E-state index in [1.165, 1.54) is 6.42 Å². The third kappa shape index (κ3) is 5.10. The van der Waals surface area contributed by atoms with Gasteiger partial charge >= 0.3 is 0 Å². The first-order valence-corrected chi connectivity index (χ1v) is 6.89. The lowest BCUT2D eigenvalue weighted by Crippen LogP contribution is -1.90. The standard InChI is InChI=1S/C12H18ClNOS/c13-10-5-6-12(11(14)9-10)16-8-4-2-1-3-7-15/h5-6,9,15H,1-4,7-8,14H2. The summed E-state index contributed by atoms with van der Waals surface area (Å²) >= 11 is 7.59. The molecule has 0 aliphatic rings. The molecule has 0 amide bonds. The molecule has 0 radical (unpaired) electrons. The molecule has 0 atom stereocenters. The molecule has 0 heterocycles. The second-order valence-electron chi connectivity index (χ2n) is 3.67. The van der Waals surface area contributed by atoms with Crippen LogP contribution in [0.5, 0.6) is 0 Å². The van der Waals surface area contributed by atoms with Gasteiger partial charge in [0.05, 0.1) is 0 Å². The van der Waals surface area contributed by atoms with Crippen molar-refractivity contribution < 1.29 is 5.11 Å². The van der Waals surface area contributed by atoms with Crippen LogP contribution < -0.4 is 5.73 Å². The molecule has 2 nitrogen and oxygen atoms in total. The summed E-state index contributed by atoms with van der Waals surface area (Å²) < 4.78 is 0.